The number of ether oxygens (including phenoxy) is 2. The molecule has 4 nitrogen and oxygen atoms in total. The lowest BCUT2D eigenvalue weighted by Gasteiger charge is -2.16. The number of esters is 1. The minimum absolute atomic E-state index is 0.0131. The van der Waals surface area contributed by atoms with E-state index in [0.717, 1.165) is 44.8 Å². The van der Waals surface area contributed by atoms with Gasteiger partial charge in [-0.05, 0) is 31.7 Å². The third-order valence-electron chi connectivity index (χ3n) is 3.20. The Morgan fingerprint density at radius 2 is 1.95 bits per heavy atom. The van der Waals surface area contributed by atoms with Gasteiger partial charge in [-0.25, -0.2) is 4.79 Å². The Bertz CT molecular complexity index is 259. The van der Waals surface area contributed by atoms with Crippen LogP contribution in [0, 0.1) is 0 Å². The van der Waals surface area contributed by atoms with Gasteiger partial charge in [0.25, 0.3) is 0 Å². The van der Waals surface area contributed by atoms with Gasteiger partial charge in [-0.15, -0.1) is 0 Å². The van der Waals surface area contributed by atoms with E-state index in [1.54, 1.807) is 0 Å². The molecule has 1 atom stereocenters. The minimum Gasteiger partial charge on any atom is -0.459 e. The third-order valence-corrected chi connectivity index (χ3v) is 4.36. The van der Waals surface area contributed by atoms with E-state index in [9.17, 15) is 4.79 Å². The van der Waals surface area contributed by atoms with E-state index < -0.39 is 9.76 Å². The van der Waals surface area contributed by atoms with E-state index in [4.69, 9.17) is 13.9 Å². The predicted molar refractivity (Wildman–Crippen MR) is 89.0 cm³/mol. The molecule has 124 valence electrons. The Balaban J connectivity index is 3.68. The smallest absolute Gasteiger partial charge is 0.330 e. The molecule has 0 aliphatic heterocycles. The molecule has 0 aliphatic carbocycles. The maximum Gasteiger partial charge on any atom is 0.330 e. The SMILES string of the molecule is C=CC(=O)OC(CCCCC)CC[SiH2]OCOCCCC. The summed E-state index contributed by atoms with van der Waals surface area (Å²) < 4.78 is 16.3. The van der Waals surface area contributed by atoms with Crippen molar-refractivity contribution in [3.8, 4) is 0 Å². The molecule has 0 spiro atoms. The fourth-order valence-electron chi connectivity index (χ4n) is 1.93. The molecule has 0 aromatic carbocycles. The van der Waals surface area contributed by atoms with Gasteiger partial charge in [0.05, 0.1) is 0 Å². The Kier molecular flexibility index (Phi) is 15.2. The fraction of sp³-hybridized carbons (Fsp3) is 0.812. The van der Waals surface area contributed by atoms with E-state index >= 15 is 0 Å². The van der Waals surface area contributed by atoms with Crippen molar-refractivity contribution in [3.05, 3.63) is 12.7 Å². The van der Waals surface area contributed by atoms with Gasteiger partial charge in [-0.1, -0.05) is 39.7 Å². The molecule has 0 aliphatic rings. The van der Waals surface area contributed by atoms with Crippen LogP contribution >= 0.6 is 0 Å². The zero-order valence-electron chi connectivity index (χ0n) is 13.8. The second-order valence-electron chi connectivity index (χ2n) is 5.19. The van der Waals surface area contributed by atoms with Crippen molar-refractivity contribution >= 4 is 15.7 Å². The Labute approximate surface area is 132 Å². The van der Waals surface area contributed by atoms with Crippen molar-refractivity contribution in [3.63, 3.8) is 0 Å². The Morgan fingerprint density at radius 1 is 1.19 bits per heavy atom. The van der Waals surface area contributed by atoms with Crippen molar-refractivity contribution < 1.29 is 18.7 Å². The lowest BCUT2D eigenvalue weighted by atomic mass is 10.1. The summed E-state index contributed by atoms with van der Waals surface area (Å²) in [6.45, 7) is 8.96. The van der Waals surface area contributed by atoms with Crippen molar-refractivity contribution in [2.24, 2.45) is 0 Å². The quantitative estimate of drug-likeness (QED) is 0.153. The fourth-order valence-corrected chi connectivity index (χ4v) is 2.99. The highest BCUT2D eigenvalue weighted by Crippen LogP contribution is 2.13. The van der Waals surface area contributed by atoms with Crippen LogP contribution in [0.3, 0.4) is 0 Å². The minimum atomic E-state index is -0.577. The Hall–Kier alpha value is -0.653. The molecule has 0 aromatic heterocycles. The van der Waals surface area contributed by atoms with E-state index in [-0.39, 0.29) is 12.1 Å². The van der Waals surface area contributed by atoms with Gasteiger partial charge in [0.2, 0.25) is 0 Å². The summed E-state index contributed by atoms with van der Waals surface area (Å²) in [5.74, 6) is -0.318. The standard InChI is InChI=1S/C16H32O4Si/c1-4-7-9-10-15(20-16(17)6-3)11-13-21-19-14-18-12-8-5-2/h6,15H,3-5,7-14,21H2,1-2H3. The first kappa shape index (κ1) is 20.3. The predicted octanol–water partition coefficient (Wildman–Crippen LogP) is 3.35. The van der Waals surface area contributed by atoms with Gasteiger partial charge < -0.3 is 13.9 Å². The number of carbonyl (C=O) groups excluding carboxylic acids is 1. The molecule has 0 aromatic rings. The monoisotopic (exact) mass is 316 g/mol. The number of unbranched alkanes of at least 4 members (excludes halogenated alkanes) is 3. The number of carbonyl (C=O) groups is 1. The van der Waals surface area contributed by atoms with E-state index in [1.165, 1.54) is 18.9 Å². The summed E-state index contributed by atoms with van der Waals surface area (Å²) >= 11 is 0. The van der Waals surface area contributed by atoms with Crippen LogP contribution in [-0.2, 0) is 18.7 Å². The van der Waals surface area contributed by atoms with Gasteiger partial charge >= 0.3 is 5.97 Å². The molecule has 0 heterocycles. The van der Waals surface area contributed by atoms with Crippen LogP contribution in [0.4, 0.5) is 0 Å². The topological polar surface area (TPSA) is 44.8 Å². The van der Waals surface area contributed by atoms with Crippen LogP contribution in [0.5, 0.6) is 0 Å². The van der Waals surface area contributed by atoms with Gasteiger partial charge in [0.1, 0.15) is 12.9 Å². The average Bonchev–Trinajstić information content (AvgIpc) is 2.49. The summed E-state index contributed by atoms with van der Waals surface area (Å²) in [4.78, 5) is 11.3. The third kappa shape index (κ3) is 14.1. The first-order valence-electron chi connectivity index (χ1n) is 8.23. The molecule has 0 bridgehead atoms. The summed E-state index contributed by atoms with van der Waals surface area (Å²) in [6, 6.07) is 1.01. The van der Waals surface area contributed by atoms with E-state index in [0.29, 0.717) is 6.79 Å². The molecule has 0 saturated carbocycles. The van der Waals surface area contributed by atoms with Crippen LogP contribution in [0.15, 0.2) is 12.7 Å². The number of hydrogen-bond donors (Lipinski definition) is 0. The zero-order valence-corrected chi connectivity index (χ0v) is 15.2. The second kappa shape index (κ2) is 15.7. The van der Waals surface area contributed by atoms with Crippen LogP contribution in [0.1, 0.15) is 58.8 Å². The van der Waals surface area contributed by atoms with E-state index in [2.05, 4.69) is 20.4 Å². The molecule has 21 heavy (non-hydrogen) atoms. The zero-order chi connectivity index (χ0) is 15.8. The first-order valence-corrected chi connectivity index (χ1v) is 9.80. The Morgan fingerprint density at radius 3 is 2.62 bits per heavy atom. The molecule has 0 saturated heterocycles. The first-order chi connectivity index (χ1) is 10.2. The molecular weight excluding hydrogens is 284 g/mol. The van der Waals surface area contributed by atoms with Crippen LogP contribution in [0.25, 0.3) is 0 Å². The molecule has 0 N–H and O–H groups in total. The van der Waals surface area contributed by atoms with Crippen LogP contribution < -0.4 is 0 Å². The summed E-state index contributed by atoms with van der Waals surface area (Å²) in [5.41, 5.74) is 0. The maximum absolute atomic E-state index is 11.3. The van der Waals surface area contributed by atoms with Crippen molar-refractivity contribution in [1.82, 2.24) is 0 Å². The lowest BCUT2D eigenvalue weighted by Crippen LogP contribution is -2.18. The molecule has 5 heteroatoms. The summed E-state index contributed by atoms with van der Waals surface area (Å²) in [5, 5.41) is 0. The normalized spacial score (nSPS) is 12.7. The molecule has 0 rings (SSSR count). The average molecular weight is 317 g/mol. The number of hydrogen-bond acceptors (Lipinski definition) is 4. The lowest BCUT2D eigenvalue weighted by molar-refractivity contribution is -0.143. The summed E-state index contributed by atoms with van der Waals surface area (Å²) in [7, 11) is -0.577. The summed E-state index contributed by atoms with van der Waals surface area (Å²) in [6.07, 6.45) is 8.78. The van der Waals surface area contributed by atoms with E-state index in [1.807, 2.05) is 0 Å². The number of rotatable bonds is 15. The van der Waals surface area contributed by atoms with Crippen molar-refractivity contribution in [2.75, 3.05) is 13.4 Å². The van der Waals surface area contributed by atoms with Gasteiger partial charge in [0.15, 0.2) is 9.76 Å². The molecule has 1 unspecified atom stereocenters. The van der Waals surface area contributed by atoms with Gasteiger partial charge in [-0.2, -0.15) is 0 Å². The largest absolute Gasteiger partial charge is 0.459 e. The van der Waals surface area contributed by atoms with Crippen LogP contribution in [0.2, 0.25) is 6.04 Å². The second-order valence-corrected chi connectivity index (χ2v) is 6.71. The maximum atomic E-state index is 11.3. The molecule has 0 fully saturated rings. The molecule has 0 radical (unpaired) electrons. The molecule has 0 amide bonds. The highest BCUT2D eigenvalue weighted by Gasteiger charge is 2.12. The highest BCUT2D eigenvalue weighted by atomic mass is 28.2. The van der Waals surface area contributed by atoms with Crippen molar-refractivity contribution in [2.45, 2.75) is 70.9 Å². The van der Waals surface area contributed by atoms with Crippen molar-refractivity contribution in [1.29, 1.82) is 0 Å². The highest BCUT2D eigenvalue weighted by molar-refractivity contribution is 6.26. The van der Waals surface area contributed by atoms with Gasteiger partial charge in [-0.3, -0.25) is 0 Å². The molecular formula is C16H32O4Si. The van der Waals surface area contributed by atoms with Crippen LogP contribution in [-0.4, -0.2) is 35.2 Å². The van der Waals surface area contributed by atoms with Gasteiger partial charge in [0, 0.05) is 12.7 Å².